The Morgan fingerprint density at radius 2 is 2.21 bits per heavy atom. The van der Waals surface area contributed by atoms with Crippen LogP contribution in [0.2, 0.25) is 5.15 Å². The fourth-order valence-corrected chi connectivity index (χ4v) is 1.29. The quantitative estimate of drug-likeness (QED) is 0.551. The molecule has 0 spiro atoms. The number of aromatic nitrogens is 1. The molecule has 1 aromatic heterocycles. The Labute approximate surface area is 90.3 Å². The molecule has 0 saturated carbocycles. The number of hydrogen-bond acceptors (Lipinski definition) is 2. The first kappa shape index (κ1) is 11.3. The molecule has 0 aliphatic heterocycles. The van der Waals surface area contributed by atoms with E-state index in [4.69, 9.17) is 16.3 Å². The lowest BCUT2D eigenvalue weighted by atomic mass is 10.1. The second-order valence-corrected chi connectivity index (χ2v) is 4.07. The van der Waals surface area contributed by atoms with Crippen LogP contribution < -0.4 is 4.74 Å². The molecule has 78 valence electrons. The van der Waals surface area contributed by atoms with Crippen LogP contribution >= 0.6 is 11.6 Å². The van der Waals surface area contributed by atoms with E-state index in [9.17, 15) is 0 Å². The normalized spacial score (nSPS) is 10.6. The zero-order valence-corrected chi connectivity index (χ0v) is 9.42. The molecule has 3 heteroatoms. The predicted octanol–water partition coefficient (Wildman–Crippen LogP) is 3.55. The highest BCUT2D eigenvalue weighted by Gasteiger charge is 1.97. The van der Waals surface area contributed by atoms with Crippen molar-refractivity contribution in [2.75, 3.05) is 6.61 Å². The first-order valence-electron chi connectivity index (χ1n) is 4.94. The van der Waals surface area contributed by atoms with Crippen LogP contribution in [0.25, 0.3) is 0 Å². The lowest BCUT2D eigenvalue weighted by molar-refractivity contribution is 0.287. The van der Waals surface area contributed by atoms with Crippen LogP contribution in [0.1, 0.15) is 26.7 Å². The minimum absolute atomic E-state index is 0.478. The van der Waals surface area contributed by atoms with Crippen LogP contribution in [0.4, 0.5) is 0 Å². The Morgan fingerprint density at radius 3 is 2.86 bits per heavy atom. The minimum Gasteiger partial charge on any atom is -0.478 e. The molecule has 1 rings (SSSR count). The van der Waals surface area contributed by atoms with E-state index in [0.717, 1.165) is 12.3 Å². The molecule has 0 aromatic carbocycles. The van der Waals surface area contributed by atoms with Crippen molar-refractivity contribution >= 4 is 11.6 Å². The Morgan fingerprint density at radius 1 is 1.43 bits per heavy atom. The number of nitrogens with zero attached hydrogens (tertiary/aromatic N) is 1. The molecule has 0 aliphatic carbocycles. The second-order valence-electron chi connectivity index (χ2n) is 3.68. The Kier molecular flexibility index (Phi) is 4.74. The fourth-order valence-electron chi connectivity index (χ4n) is 1.14. The first-order chi connectivity index (χ1) is 6.68. The monoisotopic (exact) mass is 213 g/mol. The molecule has 0 saturated heterocycles. The standard InChI is InChI=1S/C11H16ClNO/c1-9(2)5-4-8-14-11-7-3-6-10(12)13-11/h3,6-7,9H,4-5,8H2,1-2H3. The van der Waals surface area contributed by atoms with Crippen LogP contribution in [-0.4, -0.2) is 11.6 Å². The van der Waals surface area contributed by atoms with Crippen molar-refractivity contribution in [1.82, 2.24) is 4.98 Å². The van der Waals surface area contributed by atoms with Gasteiger partial charge in [-0.1, -0.05) is 31.5 Å². The third-order valence-corrected chi connectivity index (χ3v) is 2.08. The molecular formula is C11H16ClNO. The summed E-state index contributed by atoms with van der Waals surface area (Å²) in [5.41, 5.74) is 0. The van der Waals surface area contributed by atoms with Crippen LogP contribution in [0.3, 0.4) is 0 Å². The van der Waals surface area contributed by atoms with Gasteiger partial charge in [0.15, 0.2) is 0 Å². The summed E-state index contributed by atoms with van der Waals surface area (Å²) in [5, 5.41) is 0.478. The summed E-state index contributed by atoms with van der Waals surface area (Å²) in [4.78, 5) is 4.03. The van der Waals surface area contributed by atoms with E-state index in [2.05, 4.69) is 18.8 Å². The minimum atomic E-state index is 0.478. The third kappa shape index (κ3) is 4.47. The van der Waals surface area contributed by atoms with Gasteiger partial charge in [-0.25, -0.2) is 4.98 Å². The SMILES string of the molecule is CC(C)CCCOc1cccc(Cl)n1. The molecule has 0 N–H and O–H groups in total. The molecule has 1 heterocycles. The van der Waals surface area contributed by atoms with E-state index >= 15 is 0 Å². The fraction of sp³-hybridized carbons (Fsp3) is 0.545. The highest BCUT2D eigenvalue weighted by molar-refractivity contribution is 6.29. The van der Waals surface area contributed by atoms with E-state index in [1.165, 1.54) is 6.42 Å². The van der Waals surface area contributed by atoms with E-state index in [0.29, 0.717) is 17.6 Å². The second kappa shape index (κ2) is 5.86. The molecule has 0 aliphatic rings. The lowest BCUT2D eigenvalue weighted by Crippen LogP contribution is -2.00. The van der Waals surface area contributed by atoms with E-state index in [1.807, 2.05) is 12.1 Å². The van der Waals surface area contributed by atoms with Gasteiger partial charge < -0.3 is 4.74 Å². The van der Waals surface area contributed by atoms with Crippen molar-refractivity contribution in [2.45, 2.75) is 26.7 Å². The molecule has 0 unspecified atom stereocenters. The zero-order valence-electron chi connectivity index (χ0n) is 8.66. The van der Waals surface area contributed by atoms with Gasteiger partial charge in [0.1, 0.15) is 5.15 Å². The maximum absolute atomic E-state index is 5.72. The highest BCUT2D eigenvalue weighted by atomic mass is 35.5. The Balaban J connectivity index is 2.25. The molecule has 0 amide bonds. The summed E-state index contributed by atoms with van der Waals surface area (Å²) in [6.07, 6.45) is 2.24. The van der Waals surface area contributed by atoms with E-state index < -0.39 is 0 Å². The number of halogens is 1. The maximum atomic E-state index is 5.72. The summed E-state index contributed by atoms with van der Waals surface area (Å²) >= 11 is 5.72. The molecule has 14 heavy (non-hydrogen) atoms. The van der Waals surface area contributed by atoms with Crippen molar-refractivity contribution in [2.24, 2.45) is 5.92 Å². The van der Waals surface area contributed by atoms with Crippen molar-refractivity contribution < 1.29 is 4.74 Å². The topological polar surface area (TPSA) is 22.1 Å². The largest absolute Gasteiger partial charge is 0.478 e. The van der Waals surface area contributed by atoms with Crippen molar-refractivity contribution in [3.63, 3.8) is 0 Å². The average Bonchev–Trinajstić information content (AvgIpc) is 2.12. The van der Waals surface area contributed by atoms with Gasteiger partial charge in [0.2, 0.25) is 5.88 Å². The number of pyridine rings is 1. The van der Waals surface area contributed by atoms with Crippen molar-refractivity contribution in [3.05, 3.63) is 23.4 Å². The average molecular weight is 214 g/mol. The van der Waals surface area contributed by atoms with Gasteiger partial charge in [0.25, 0.3) is 0 Å². The molecular weight excluding hydrogens is 198 g/mol. The summed E-state index contributed by atoms with van der Waals surface area (Å²) in [6, 6.07) is 5.40. The predicted molar refractivity (Wildman–Crippen MR) is 58.8 cm³/mol. The van der Waals surface area contributed by atoms with Gasteiger partial charge in [-0.2, -0.15) is 0 Å². The molecule has 0 fully saturated rings. The van der Waals surface area contributed by atoms with Crippen molar-refractivity contribution in [3.8, 4) is 5.88 Å². The zero-order chi connectivity index (χ0) is 10.4. The summed E-state index contributed by atoms with van der Waals surface area (Å²) in [6.45, 7) is 5.13. The Bertz CT molecular complexity index is 276. The smallest absolute Gasteiger partial charge is 0.214 e. The summed E-state index contributed by atoms with van der Waals surface area (Å²) < 4.78 is 5.44. The van der Waals surface area contributed by atoms with Crippen LogP contribution in [0, 0.1) is 5.92 Å². The summed E-state index contributed by atoms with van der Waals surface area (Å²) in [7, 11) is 0. The van der Waals surface area contributed by atoms with Gasteiger partial charge in [0, 0.05) is 6.07 Å². The van der Waals surface area contributed by atoms with Gasteiger partial charge in [-0.15, -0.1) is 0 Å². The molecule has 0 radical (unpaired) electrons. The number of hydrogen-bond donors (Lipinski definition) is 0. The number of rotatable bonds is 5. The van der Waals surface area contributed by atoms with E-state index in [1.54, 1.807) is 6.07 Å². The van der Waals surface area contributed by atoms with Crippen LogP contribution in [0.5, 0.6) is 5.88 Å². The van der Waals surface area contributed by atoms with Gasteiger partial charge in [-0.05, 0) is 24.8 Å². The van der Waals surface area contributed by atoms with Gasteiger partial charge in [0.05, 0.1) is 6.61 Å². The first-order valence-corrected chi connectivity index (χ1v) is 5.31. The van der Waals surface area contributed by atoms with Crippen LogP contribution in [0.15, 0.2) is 18.2 Å². The van der Waals surface area contributed by atoms with Gasteiger partial charge in [-0.3, -0.25) is 0 Å². The van der Waals surface area contributed by atoms with Crippen molar-refractivity contribution in [1.29, 1.82) is 0 Å². The third-order valence-electron chi connectivity index (χ3n) is 1.87. The van der Waals surface area contributed by atoms with E-state index in [-0.39, 0.29) is 0 Å². The van der Waals surface area contributed by atoms with Crippen LogP contribution in [-0.2, 0) is 0 Å². The summed E-state index contributed by atoms with van der Waals surface area (Å²) in [5.74, 6) is 1.34. The Hall–Kier alpha value is -0.760. The molecule has 0 atom stereocenters. The van der Waals surface area contributed by atoms with Gasteiger partial charge >= 0.3 is 0 Å². The lowest BCUT2D eigenvalue weighted by Gasteiger charge is -2.06. The maximum Gasteiger partial charge on any atom is 0.214 e. The molecule has 0 bridgehead atoms. The molecule has 2 nitrogen and oxygen atoms in total. The highest BCUT2D eigenvalue weighted by Crippen LogP contribution is 2.12. The molecule has 1 aromatic rings. The number of ether oxygens (including phenoxy) is 1.